The van der Waals surface area contributed by atoms with Crippen molar-refractivity contribution in [3.63, 3.8) is 0 Å². The average Bonchev–Trinajstić information content (AvgIpc) is 3.33. The summed E-state index contributed by atoms with van der Waals surface area (Å²) in [4.78, 5) is 28.6. The molecule has 4 rings (SSSR count). The fourth-order valence-electron chi connectivity index (χ4n) is 3.85. The quantitative estimate of drug-likeness (QED) is 0.568. The number of hydrogen-bond donors (Lipinski definition) is 1. The minimum Gasteiger partial charge on any atom is -0.493 e. The van der Waals surface area contributed by atoms with Crippen LogP contribution >= 0.6 is 11.8 Å². The first kappa shape index (κ1) is 22.7. The molecule has 2 amide bonds. The lowest BCUT2D eigenvalue weighted by Gasteiger charge is -2.29. The Morgan fingerprint density at radius 2 is 1.61 bits per heavy atom. The number of benzene rings is 3. The van der Waals surface area contributed by atoms with Crippen LogP contribution in [-0.2, 0) is 11.3 Å². The molecule has 0 aromatic heterocycles. The Morgan fingerprint density at radius 1 is 0.939 bits per heavy atom. The third-order valence-corrected chi connectivity index (χ3v) is 6.89. The molecule has 7 heteroatoms. The van der Waals surface area contributed by atoms with Gasteiger partial charge in [0.05, 0.1) is 14.2 Å². The first-order chi connectivity index (χ1) is 16.1. The molecule has 0 radical (unpaired) electrons. The smallest absolute Gasteiger partial charge is 0.255 e. The fourth-order valence-corrected chi connectivity index (χ4v) is 5.28. The van der Waals surface area contributed by atoms with Crippen molar-refractivity contribution < 1.29 is 19.1 Å². The van der Waals surface area contributed by atoms with Gasteiger partial charge in [0.15, 0.2) is 11.5 Å². The molecule has 3 aromatic rings. The van der Waals surface area contributed by atoms with Gasteiger partial charge in [0.2, 0.25) is 5.91 Å². The molecule has 1 fully saturated rings. The Balaban J connectivity index is 1.62. The molecule has 2 unspecified atom stereocenters. The van der Waals surface area contributed by atoms with E-state index >= 15 is 0 Å². The zero-order valence-electron chi connectivity index (χ0n) is 18.6. The molecule has 33 heavy (non-hydrogen) atoms. The number of hydrogen-bond acceptors (Lipinski definition) is 5. The summed E-state index contributed by atoms with van der Waals surface area (Å²) >= 11 is 1.59. The maximum atomic E-state index is 13.7. The van der Waals surface area contributed by atoms with Crippen LogP contribution in [0.1, 0.15) is 26.9 Å². The van der Waals surface area contributed by atoms with Gasteiger partial charge in [-0.1, -0.05) is 60.7 Å². The lowest BCUT2D eigenvalue weighted by Crippen LogP contribution is -2.47. The molecular formula is C26H26N2O4S. The van der Waals surface area contributed by atoms with Crippen LogP contribution in [0.2, 0.25) is 0 Å². The van der Waals surface area contributed by atoms with Crippen molar-refractivity contribution in [2.45, 2.75) is 18.0 Å². The maximum absolute atomic E-state index is 13.7. The number of rotatable bonds is 7. The molecule has 0 bridgehead atoms. The van der Waals surface area contributed by atoms with Crippen molar-refractivity contribution >= 4 is 23.6 Å². The molecule has 1 saturated heterocycles. The predicted molar refractivity (Wildman–Crippen MR) is 129 cm³/mol. The summed E-state index contributed by atoms with van der Waals surface area (Å²) in [5.74, 6) is 1.13. The van der Waals surface area contributed by atoms with Gasteiger partial charge in [-0.15, -0.1) is 11.8 Å². The first-order valence-electron chi connectivity index (χ1n) is 10.6. The number of ether oxygens (including phenoxy) is 2. The van der Waals surface area contributed by atoms with E-state index in [1.54, 1.807) is 42.0 Å². The highest BCUT2D eigenvalue weighted by molar-refractivity contribution is 7.99. The summed E-state index contributed by atoms with van der Waals surface area (Å²) in [6.07, 6.45) is 0. The highest BCUT2D eigenvalue weighted by Crippen LogP contribution is 2.42. The van der Waals surface area contributed by atoms with Gasteiger partial charge in [-0.05, 0) is 29.3 Å². The summed E-state index contributed by atoms with van der Waals surface area (Å²) in [6.45, 7) is 0.412. The topological polar surface area (TPSA) is 67.9 Å². The van der Waals surface area contributed by atoms with Crippen molar-refractivity contribution in [3.05, 3.63) is 95.6 Å². The van der Waals surface area contributed by atoms with Crippen molar-refractivity contribution in [3.8, 4) is 11.5 Å². The lowest BCUT2D eigenvalue weighted by molar-refractivity contribution is -0.125. The zero-order valence-corrected chi connectivity index (χ0v) is 19.4. The van der Waals surface area contributed by atoms with Gasteiger partial charge < -0.3 is 19.7 Å². The van der Waals surface area contributed by atoms with E-state index in [1.807, 2.05) is 60.7 Å². The summed E-state index contributed by atoms with van der Waals surface area (Å²) in [6, 6.07) is 24.0. The molecule has 2 atom stereocenters. The van der Waals surface area contributed by atoms with Gasteiger partial charge in [-0.2, -0.15) is 0 Å². The van der Waals surface area contributed by atoms with E-state index in [2.05, 4.69) is 5.32 Å². The highest BCUT2D eigenvalue weighted by atomic mass is 32.2. The number of carbonyl (C=O) groups is 2. The summed E-state index contributed by atoms with van der Waals surface area (Å²) in [5.41, 5.74) is 2.43. The molecule has 1 N–H and O–H groups in total. The standard InChI is InChI=1S/C26H26N2O4S/c1-31-22-14-13-20(15-23(22)32-2)25(30)28-21(17-33-26(28)19-11-7-4-8-12-19)24(29)27-16-18-9-5-3-6-10-18/h3-15,21,26H,16-17H2,1-2H3,(H,27,29). The van der Waals surface area contributed by atoms with E-state index in [4.69, 9.17) is 9.47 Å². The Kier molecular flexibility index (Phi) is 7.19. The minimum atomic E-state index is -0.593. The number of amides is 2. The monoisotopic (exact) mass is 462 g/mol. The van der Waals surface area contributed by atoms with Gasteiger partial charge in [-0.25, -0.2) is 0 Å². The Hall–Kier alpha value is -3.45. The second kappa shape index (κ2) is 10.4. The number of carbonyl (C=O) groups excluding carboxylic acids is 2. The lowest BCUT2D eigenvalue weighted by atomic mass is 10.1. The summed E-state index contributed by atoms with van der Waals surface area (Å²) < 4.78 is 10.7. The van der Waals surface area contributed by atoms with Crippen LogP contribution in [0.4, 0.5) is 0 Å². The Morgan fingerprint density at radius 3 is 2.27 bits per heavy atom. The SMILES string of the molecule is COc1ccc(C(=O)N2C(C(=O)NCc3ccccc3)CSC2c2ccccc2)cc1OC. The van der Waals surface area contributed by atoms with Gasteiger partial charge >= 0.3 is 0 Å². The Labute approximate surface area is 197 Å². The summed E-state index contributed by atoms with van der Waals surface area (Å²) in [7, 11) is 3.08. The zero-order chi connectivity index (χ0) is 23.2. The first-order valence-corrected chi connectivity index (χ1v) is 11.7. The van der Waals surface area contributed by atoms with E-state index < -0.39 is 6.04 Å². The molecule has 1 aliphatic rings. The number of nitrogens with zero attached hydrogens (tertiary/aromatic N) is 1. The second-order valence-electron chi connectivity index (χ2n) is 7.60. The van der Waals surface area contributed by atoms with Crippen LogP contribution in [0.15, 0.2) is 78.9 Å². The normalized spacial score (nSPS) is 17.5. The molecule has 170 valence electrons. The number of thioether (sulfide) groups is 1. The molecule has 0 saturated carbocycles. The van der Waals surface area contributed by atoms with Crippen molar-refractivity contribution in [1.29, 1.82) is 0 Å². The molecule has 1 heterocycles. The van der Waals surface area contributed by atoms with Crippen molar-refractivity contribution in [2.75, 3.05) is 20.0 Å². The predicted octanol–water partition coefficient (Wildman–Crippen LogP) is 4.28. The molecule has 6 nitrogen and oxygen atoms in total. The molecule has 3 aromatic carbocycles. The Bertz CT molecular complexity index is 1110. The van der Waals surface area contributed by atoms with Crippen LogP contribution < -0.4 is 14.8 Å². The molecule has 1 aliphatic heterocycles. The van der Waals surface area contributed by atoms with Crippen LogP contribution in [-0.4, -0.2) is 42.7 Å². The molecule has 0 aliphatic carbocycles. The van der Waals surface area contributed by atoms with E-state index in [0.717, 1.165) is 11.1 Å². The number of nitrogens with one attached hydrogen (secondary N) is 1. The van der Waals surface area contributed by atoms with E-state index in [0.29, 0.717) is 29.4 Å². The van der Waals surface area contributed by atoms with Gasteiger partial charge in [0.1, 0.15) is 11.4 Å². The number of methoxy groups -OCH3 is 2. The van der Waals surface area contributed by atoms with Crippen LogP contribution in [0.25, 0.3) is 0 Å². The third-order valence-electron chi connectivity index (χ3n) is 5.56. The van der Waals surface area contributed by atoms with Crippen LogP contribution in [0, 0.1) is 0 Å². The minimum absolute atomic E-state index is 0.168. The van der Waals surface area contributed by atoms with Gasteiger partial charge in [-0.3, -0.25) is 9.59 Å². The van der Waals surface area contributed by atoms with E-state index in [9.17, 15) is 9.59 Å². The van der Waals surface area contributed by atoms with Gasteiger partial charge in [0, 0.05) is 17.9 Å². The highest BCUT2D eigenvalue weighted by Gasteiger charge is 2.42. The maximum Gasteiger partial charge on any atom is 0.255 e. The second-order valence-corrected chi connectivity index (χ2v) is 8.71. The van der Waals surface area contributed by atoms with E-state index in [-0.39, 0.29) is 17.2 Å². The van der Waals surface area contributed by atoms with Crippen LogP contribution in [0.5, 0.6) is 11.5 Å². The van der Waals surface area contributed by atoms with Gasteiger partial charge in [0.25, 0.3) is 5.91 Å². The largest absolute Gasteiger partial charge is 0.493 e. The summed E-state index contributed by atoms with van der Waals surface area (Å²) in [5, 5.41) is 2.73. The van der Waals surface area contributed by atoms with Crippen molar-refractivity contribution in [1.82, 2.24) is 10.2 Å². The van der Waals surface area contributed by atoms with E-state index in [1.165, 1.54) is 7.11 Å². The third kappa shape index (κ3) is 4.98. The molecule has 0 spiro atoms. The average molecular weight is 463 g/mol. The molecular weight excluding hydrogens is 436 g/mol. The van der Waals surface area contributed by atoms with Crippen LogP contribution in [0.3, 0.4) is 0 Å². The fraction of sp³-hybridized carbons (Fsp3) is 0.231. The van der Waals surface area contributed by atoms with Crippen molar-refractivity contribution in [2.24, 2.45) is 0 Å².